The van der Waals surface area contributed by atoms with Crippen molar-refractivity contribution in [2.45, 2.75) is 26.3 Å². The summed E-state index contributed by atoms with van der Waals surface area (Å²) in [4.78, 5) is 20.2. The van der Waals surface area contributed by atoms with Crippen LogP contribution in [0.5, 0.6) is 0 Å². The Labute approximate surface area is 141 Å². The number of hydrogen-bond donors (Lipinski definition) is 5. The van der Waals surface area contributed by atoms with Crippen molar-refractivity contribution in [2.75, 3.05) is 16.4 Å². The lowest BCUT2D eigenvalue weighted by Gasteiger charge is -2.23. The maximum atomic E-state index is 12.2. The minimum absolute atomic E-state index is 0.0510. The molecule has 0 aromatic carbocycles. The first-order valence-corrected chi connectivity index (χ1v) is 7.46. The molecule has 6 N–H and O–H groups in total. The number of nitrogens with one attached hydrogen (secondary N) is 4. The average molecular weight is 381 g/mol. The predicted octanol–water partition coefficient (Wildman–Crippen LogP) is 1.76. The third kappa shape index (κ3) is 4.25. The van der Waals surface area contributed by atoms with E-state index >= 15 is 0 Å². The van der Waals surface area contributed by atoms with Gasteiger partial charge in [-0.15, -0.1) is 0 Å². The monoisotopic (exact) mass is 380 g/mol. The Hall–Kier alpha value is -2.49. The molecule has 0 aliphatic rings. The Morgan fingerprint density at radius 2 is 2.09 bits per heavy atom. The van der Waals surface area contributed by atoms with Gasteiger partial charge in [0.15, 0.2) is 5.82 Å². The zero-order chi connectivity index (χ0) is 17.2. The van der Waals surface area contributed by atoms with Gasteiger partial charge in [-0.3, -0.25) is 15.3 Å². The smallest absolute Gasteiger partial charge is 0.275 e. The highest BCUT2D eigenvalue weighted by Crippen LogP contribution is 2.22. The molecule has 10 heteroatoms. The molecule has 0 saturated carbocycles. The Balaban J connectivity index is 2.29. The van der Waals surface area contributed by atoms with Gasteiger partial charge in [-0.1, -0.05) is 0 Å². The lowest BCUT2D eigenvalue weighted by atomic mass is 10.1. The van der Waals surface area contributed by atoms with Crippen LogP contribution in [0.2, 0.25) is 0 Å². The number of nitrogen functional groups attached to an aromatic ring is 1. The Morgan fingerprint density at radius 1 is 1.39 bits per heavy atom. The van der Waals surface area contributed by atoms with E-state index in [4.69, 9.17) is 11.1 Å². The molecule has 2 rings (SSSR count). The van der Waals surface area contributed by atoms with E-state index in [2.05, 4.69) is 46.7 Å². The van der Waals surface area contributed by atoms with Crippen molar-refractivity contribution in [1.29, 1.82) is 5.41 Å². The van der Waals surface area contributed by atoms with E-state index in [-0.39, 0.29) is 28.4 Å². The predicted molar refractivity (Wildman–Crippen MR) is 91.6 cm³/mol. The molecule has 0 saturated heterocycles. The summed E-state index contributed by atoms with van der Waals surface area (Å²) in [5.41, 5.74) is 5.31. The molecule has 0 fully saturated rings. The van der Waals surface area contributed by atoms with Gasteiger partial charge in [0.1, 0.15) is 28.3 Å². The molecular weight excluding hydrogens is 364 g/mol. The first kappa shape index (κ1) is 16.9. The van der Waals surface area contributed by atoms with Gasteiger partial charge in [0, 0.05) is 11.6 Å². The molecule has 1 amide bonds. The number of carbonyl (C=O) groups excluding carboxylic acids is 1. The van der Waals surface area contributed by atoms with E-state index in [1.807, 2.05) is 20.8 Å². The van der Waals surface area contributed by atoms with E-state index in [9.17, 15) is 4.79 Å². The fourth-order valence-corrected chi connectivity index (χ4v) is 2.06. The molecule has 0 aliphatic carbocycles. The van der Waals surface area contributed by atoms with Gasteiger partial charge < -0.3 is 16.4 Å². The van der Waals surface area contributed by atoms with Gasteiger partial charge in [0.05, 0.1) is 5.56 Å². The second-order valence-corrected chi connectivity index (χ2v) is 6.64. The first-order valence-electron chi connectivity index (χ1n) is 6.67. The van der Waals surface area contributed by atoms with Crippen molar-refractivity contribution in [1.82, 2.24) is 20.2 Å². The second kappa shape index (κ2) is 6.32. The maximum absolute atomic E-state index is 12.2. The van der Waals surface area contributed by atoms with Crippen LogP contribution in [0.1, 0.15) is 26.3 Å². The number of hydrogen-bond acceptors (Lipinski definition) is 7. The van der Waals surface area contributed by atoms with E-state index in [0.717, 1.165) is 0 Å². The van der Waals surface area contributed by atoms with Crippen molar-refractivity contribution in [2.24, 2.45) is 0 Å². The first-order chi connectivity index (χ1) is 10.7. The molecule has 0 bridgehead atoms. The number of H-pyrrole nitrogens is 1. The minimum Gasteiger partial charge on any atom is -0.383 e. The number of halogens is 1. The average Bonchev–Trinajstić information content (AvgIpc) is 2.82. The maximum Gasteiger partial charge on any atom is 0.275 e. The highest BCUT2D eigenvalue weighted by atomic mass is 79.9. The molecule has 23 heavy (non-hydrogen) atoms. The van der Waals surface area contributed by atoms with E-state index < -0.39 is 5.91 Å². The Bertz CT molecular complexity index is 749. The third-order valence-electron chi connectivity index (χ3n) is 2.64. The Kier molecular flexibility index (Phi) is 4.64. The summed E-state index contributed by atoms with van der Waals surface area (Å²) in [6.07, 6.45) is 1.28. The highest BCUT2D eigenvalue weighted by Gasteiger charge is 2.23. The molecule has 0 unspecified atom stereocenters. The third-order valence-corrected chi connectivity index (χ3v) is 3.04. The number of carbonyl (C=O) groups is 1. The van der Waals surface area contributed by atoms with Gasteiger partial charge in [-0.2, -0.15) is 5.10 Å². The van der Waals surface area contributed by atoms with Crippen LogP contribution in [0.25, 0.3) is 0 Å². The van der Waals surface area contributed by atoms with Crippen molar-refractivity contribution >= 4 is 45.0 Å². The van der Waals surface area contributed by atoms with E-state index in [0.29, 0.717) is 10.4 Å². The highest BCUT2D eigenvalue weighted by molar-refractivity contribution is 9.10. The van der Waals surface area contributed by atoms with Crippen molar-refractivity contribution < 1.29 is 4.79 Å². The quantitative estimate of drug-likeness (QED) is 0.510. The summed E-state index contributed by atoms with van der Waals surface area (Å²) in [5.74, 6) is -0.00157. The lowest BCUT2D eigenvalue weighted by Crippen LogP contribution is -2.31. The van der Waals surface area contributed by atoms with Gasteiger partial charge >= 0.3 is 0 Å². The van der Waals surface area contributed by atoms with E-state index in [1.54, 1.807) is 6.07 Å². The molecule has 0 aliphatic heterocycles. The van der Waals surface area contributed by atoms with Crippen LogP contribution >= 0.6 is 15.9 Å². The molecule has 2 aromatic heterocycles. The van der Waals surface area contributed by atoms with Crippen LogP contribution in [0.3, 0.4) is 0 Å². The van der Waals surface area contributed by atoms with Crippen LogP contribution in [-0.2, 0) is 4.79 Å². The summed E-state index contributed by atoms with van der Waals surface area (Å²) in [6.45, 7) is 5.79. The van der Waals surface area contributed by atoms with Crippen LogP contribution in [0, 0.1) is 5.41 Å². The zero-order valence-electron chi connectivity index (χ0n) is 12.9. The van der Waals surface area contributed by atoms with Crippen LogP contribution in [0.4, 0.5) is 17.5 Å². The topological polar surface area (TPSA) is 145 Å². The molecule has 0 radical (unpaired) electrons. The van der Waals surface area contributed by atoms with Gasteiger partial charge in [0.25, 0.3) is 5.91 Å². The van der Waals surface area contributed by atoms with Crippen LogP contribution in [0.15, 0.2) is 17.0 Å². The fraction of sp³-hybridized carbons (Fsp3) is 0.308. The largest absolute Gasteiger partial charge is 0.383 e. The zero-order valence-corrected chi connectivity index (χ0v) is 14.4. The SMILES string of the molecule is CC(C)(C)Nc1ncnc(N)c1C(=N)C(=O)Nc1cc(Br)[nH]n1. The standard InChI is InChI=1S/C13H17BrN8O/c1-13(2,3)20-11-8(10(16)17-5-18-11)9(15)12(23)19-7-4-6(14)21-22-7/h4-5,15H,1-3H3,(H3,16,17,18,20)(H2,19,21,22,23). The number of nitrogens with zero attached hydrogens (tertiary/aromatic N) is 3. The summed E-state index contributed by atoms with van der Waals surface area (Å²) in [5, 5.41) is 20.2. The van der Waals surface area contributed by atoms with Gasteiger partial charge in [-0.05, 0) is 36.7 Å². The summed E-state index contributed by atoms with van der Waals surface area (Å²) >= 11 is 3.19. The summed E-state index contributed by atoms with van der Waals surface area (Å²) in [6, 6.07) is 1.57. The molecule has 2 aromatic rings. The molecule has 122 valence electrons. The van der Waals surface area contributed by atoms with Gasteiger partial charge in [0.2, 0.25) is 0 Å². The number of anilines is 3. The molecular formula is C13H17BrN8O. The normalized spacial score (nSPS) is 11.1. The number of rotatable bonds is 4. The number of nitrogens with two attached hydrogens (primary N) is 1. The summed E-state index contributed by atoms with van der Waals surface area (Å²) in [7, 11) is 0. The van der Waals surface area contributed by atoms with Gasteiger partial charge in [-0.25, -0.2) is 9.97 Å². The molecule has 0 atom stereocenters. The molecule has 0 spiro atoms. The van der Waals surface area contributed by atoms with Crippen LogP contribution < -0.4 is 16.4 Å². The minimum atomic E-state index is -0.664. The number of aromatic nitrogens is 4. The van der Waals surface area contributed by atoms with Crippen molar-refractivity contribution in [3.8, 4) is 0 Å². The number of amides is 1. The lowest BCUT2D eigenvalue weighted by molar-refractivity contribution is -0.110. The van der Waals surface area contributed by atoms with Crippen molar-refractivity contribution in [3.63, 3.8) is 0 Å². The summed E-state index contributed by atoms with van der Waals surface area (Å²) < 4.78 is 0.608. The Morgan fingerprint density at radius 3 is 2.65 bits per heavy atom. The van der Waals surface area contributed by atoms with Crippen molar-refractivity contribution in [3.05, 3.63) is 22.6 Å². The number of aromatic amines is 1. The molecule has 9 nitrogen and oxygen atoms in total. The van der Waals surface area contributed by atoms with E-state index in [1.165, 1.54) is 6.33 Å². The van der Waals surface area contributed by atoms with Crippen LogP contribution in [-0.4, -0.2) is 37.3 Å². The fourth-order valence-electron chi connectivity index (χ4n) is 1.75. The second-order valence-electron chi connectivity index (χ2n) is 5.79. The molecule has 2 heterocycles.